The minimum atomic E-state index is -0.359. The molecule has 33 heavy (non-hydrogen) atoms. The molecule has 1 heterocycles. The van der Waals surface area contributed by atoms with Gasteiger partial charge >= 0.3 is 6.03 Å². The van der Waals surface area contributed by atoms with Crippen molar-refractivity contribution in [3.05, 3.63) is 54.7 Å². The molecule has 0 aliphatic carbocycles. The monoisotopic (exact) mass is 450 g/mol. The number of carbonyl (C=O) groups excluding carboxylic acids is 2. The summed E-state index contributed by atoms with van der Waals surface area (Å²) in [6, 6.07) is 16.4. The second kappa shape index (κ2) is 12.6. The van der Waals surface area contributed by atoms with E-state index in [-0.39, 0.29) is 11.9 Å². The summed E-state index contributed by atoms with van der Waals surface area (Å²) in [5.74, 6) is -0.359. The first-order valence-electron chi connectivity index (χ1n) is 11.8. The number of nitrogens with zero attached hydrogens (tertiary/aromatic N) is 1. The van der Waals surface area contributed by atoms with Gasteiger partial charge < -0.3 is 10.3 Å². The lowest BCUT2D eigenvalue weighted by Crippen LogP contribution is -2.41. The number of unbranched alkanes of at least 4 members (excludes halogenated alkanes) is 4. The molecule has 0 bridgehead atoms. The number of benzene rings is 2. The Bertz CT molecular complexity index is 1030. The molecule has 0 aliphatic rings. The van der Waals surface area contributed by atoms with Gasteiger partial charge in [-0.1, -0.05) is 50.5 Å². The Kier molecular flexibility index (Phi) is 9.32. The number of carbonyl (C=O) groups is 2. The fourth-order valence-corrected chi connectivity index (χ4v) is 3.84. The van der Waals surface area contributed by atoms with Crippen LogP contribution in [0, 0.1) is 0 Å². The number of aromatic nitrogens is 1. The normalized spacial score (nSPS) is 10.8. The highest BCUT2D eigenvalue weighted by Gasteiger charge is 2.15. The second-order valence-electron chi connectivity index (χ2n) is 8.26. The number of hydroxylamine groups is 1. The Morgan fingerprint density at radius 2 is 1.70 bits per heavy atom. The molecule has 1 aromatic heterocycles. The van der Waals surface area contributed by atoms with E-state index in [2.05, 4.69) is 53.6 Å². The molecule has 3 amide bonds. The molecule has 2 aromatic carbocycles. The SMILES string of the molecule is CCCCNC(=O)N(CCCCCCC(=O)NO)c1ccc(-c2ccc3cc[nH]c3c2)cc1. The van der Waals surface area contributed by atoms with Crippen molar-refractivity contribution in [2.45, 2.75) is 51.9 Å². The molecular weight excluding hydrogens is 416 g/mol. The van der Waals surface area contributed by atoms with Crippen molar-refractivity contribution < 1.29 is 14.8 Å². The zero-order valence-corrected chi connectivity index (χ0v) is 19.3. The summed E-state index contributed by atoms with van der Waals surface area (Å²) in [5, 5.41) is 12.8. The van der Waals surface area contributed by atoms with Crippen molar-refractivity contribution in [3.8, 4) is 11.1 Å². The summed E-state index contributed by atoms with van der Waals surface area (Å²) in [5.41, 5.74) is 5.86. The third-order valence-corrected chi connectivity index (χ3v) is 5.78. The molecule has 7 heteroatoms. The molecule has 4 N–H and O–H groups in total. The van der Waals surface area contributed by atoms with Gasteiger partial charge in [0.2, 0.25) is 5.91 Å². The number of fused-ring (bicyclic) bond motifs is 1. The van der Waals surface area contributed by atoms with Gasteiger partial charge in [-0.05, 0) is 60.0 Å². The van der Waals surface area contributed by atoms with Crippen LogP contribution < -0.4 is 15.7 Å². The van der Waals surface area contributed by atoms with Crippen molar-refractivity contribution in [1.29, 1.82) is 0 Å². The fraction of sp³-hybridized carbons (Fsp3) is 0.385. The van der Waals surface area contributed by atoms with Crippen LogP contribution in [0.3, 0.4) is 0 Å². The van der Waals surface area contributed by atoms with Crippen molar-refractivity contribution in [2.75, 3.05) is 18.0 Å². The Morgan fingerprint density at radius 1 is 0.939 bits per heavy atom. The standard InChI is InChI=1S/C26H34N4O3/c1-2-3-16-28-26(32)30(18-7-5-4-6-8-25(31)29-33)23-13-11-20(12-14-23)22-10-9-21-15-17-27-24(21)19-22/h9-15,17,19,27,33H,2-8,16,18H2,1H3,(H,28,32)(H,29,31). The van der Waals surface area contributed by atoms with Crippen LogP contribution in [-0.2, 0) is 4.79 Å². The van der Waals surface area contributed by atoms with Gasteiger partial charge in [0.1, 0.15) is 0 Å². The third-order valence-electron chi connectivity index (χ3n) is 5.78. The summed E-state index contributed by atoms with van der Waals surface area (Å²) in [6.45, 7) is 3.37. The minimum absolute atomic E-state index is 0.0799. The van der Waals surface area contributed by atoms with Crippen LogP contribution >= 0.6 is 0 Å². The molecule has 3 rings (SSSR count). The van der Waals surface area contributed by atoms with E-state index in [9.17, 15) is 9.59 Å². The van der Waals surface area contributed by atoms with E-state index < -0.39 is 0 Å². The van der Waals surface area contributed by atoms with Crippen molar-refractivity contribution in [2.24, 2.45) is 0 Å². The lowest BCUT2D eigenvalue weighted by Gasteiger charge is -2.23. The summed E-state index contributed by atoms with van der Waals surface area (Å²) in [4.78, 5) is 29.0. The van der Waals surface area contributed by atoms with E-state index in [1.54, 1.807) is 10.4 Å². The molecule has 7 nitrogen and oxygen atoms in total. The van der Waals surface area contributed by atoms with Gasteiger partial charge in [0.05, 0.1) is 0 Å². The molecule has 0 unspecified atom stereocenters. The molecule has 0 fully saturated rings. The van der Waals surface area contributed by atoms with E-state index in [0.29, 0.717) is 19.5 Å². The fourth-order valence-electron chi connectivity index (χ4n) is 3.84. The molecule has 0 radical (unpaired) electrons. The average molecular weight is 451 g/mol. The van der Waals surface area contributed by atoms with Crippen molar-refractivity contribution in [3.63, 3.8) is 0 Å². The highest BCUT2D eigenvalue weighted by molar-refractivity contribution is 5.92. The number of hydrogen-bond acceptors (Lipinski definition) is 3. The topological polar surface area (TPSA) is 97.5 Å². The Labute approximate surface area is 195 Å². The first kappa shape index (κ1) is 24.3. The number of H-pyrrole nitrogens is 1. The quantitative estimate of drug-likeness (QED) is 0.164. The molecule has 0 saturated heterocycles. The maximum atomic E-state index is 12.9. The van der Waals surface area contributed by atoms with E-state index in [4.69, 9.17) is 5.21 Å². The molecule has 176 valence electrons. The van der Waals surface area contributed by atoms with Gasteiger partial charge in [-0.3, -0.25) is 14.9 Å². The van der Waals surface area contributed by atoms with Crippen LogP contribution in [0.4, 0.5) is 10.5 Å². The smallest absolute Gasteiger partial charge is 0.321 e. The first-order chi connectivity index (χ1) is 16.1. The lowest BCUT2D eigenvalue weighted by atomic mass is 10.0. The van der Waals surface area contributed by atoms with Crippen LogP contribution in [0.5, 0.6) is 0 Å². The van der Waals surface area contributed by atoms with Gasteiger partial charge in [-0.25, -0.2) is 10.3 Å². The predicted molar refractivity (Wildman–Crippen MR) is 132 cm³/mol. The van der Waals surface area contributed by atoms with Gasteiger partial charge in [-0.2, -0.15) is 0 Å². The number of rotatable bonds is 12. The number of nitrogens with one attached hydrogen (secondary N) is 3. The zero-order valence-electron chi connectivity index (χ0n) is 19.3. The highest BCUT2D eigenvalue weighted by atomic mass is 16.5. The number of aromatic amines is 1. The van der Waals surface area contributed by atoms with Gasteiger partial charge in [0.25, 0.3) is 0 Å². The summed E-state index contributed by atoms with van der Waals surface area (Å²) in [6.07, 6.45) is 7.57. The molecule has 0 spiro atoms. The first-order valence-corrected chi connectivity index (χ1v) is 11.8. The summed E-state index contributed by atoms with van der Waals surface area (Å²) < 4.78 is 0. The molecule has 0 saturated carbocycles. The largest absolute Gasteiger partial charge is 0.361 e. The Balaban J connectivity index is 1.64. The second-order valence-corrected chi connectivity index (χ2v) is 8.26. The maximum Gasteiger partial charge on any atom is 0.321 e. The third kappa shape index (κ3) is 7.08. The van der Waals surface area contributed by atoms with E-state index in [0.717, 1.165) is 60.9 Å². The van der Waals surface area contributed by atoms with E-state index >= 15 is 0 Å². The number of urea groups is 1. The Morgan fingerprint density at radius 3 is 2.45 bits per heavy atom. The van der Waals surface area contributed by atoms with Crippen LogP contribution in [0.2, 0.25) is 0 Å². The Hall–Kier alpha value is -3.32. The van der Waals surface area contributed by atoms with Gasteiger partial charge in [0.15, 0.2) is 0 Å². The van der Waals surface area contributed by atoms with Crippen LogP contribution in [-0.4, -0.2) is 35.2 Å². The predicted octanol–water partition coefficient (Wildman–Crippen LogP) is 5.61. The number of hydrogen-bond donors (Lipinski definition) is 4. The molecule has 0 aliphatic heterocycles. The average Bonchev–Trinajstić information content (AvgIpc) is 3.31. The molecular formula is C26H34N4O3. The van der Waals surface area contributed by atoms with Gasteiger partial charge in [-0.15, -0.1) is 0 Å². The van der Waals surface area contributed by atoms with Crippen LogP contribution in [0.25, 0.3) is 22.0 Å². The molecule has 0 atom stereocenters. The van der Waals surface area contributed by atoms with Crippen molar-refractivity contribution >= 4 is 28.5 Å². The van der Waals surface area contributed by atoms with Crippen molar-refractivity contribution in [1.82, 2.24) is 15.8 Å². The summed E-state index contributed by atoms with van der Waals surface area (Å²) >= 11 is 0. The number of anilines is 1. The molecule has 3 aromatic rings. The van der Waals surface area contributed by atoms with Gasteiger partial charge in [0, 0.05) is 36.9 Å². The van der Waals surface area contributed by atoms with E-state index in [1.807, 2.05) is 18.3 Å². The zero-order chi connectivity index (χ0) is 23.5. The summed E-state index contributed by atoms with van der Waals surface area (Å²) in [7, 11) is 0. The van der Waals surface area contributed by atoms with Crippen LogP contribution in [0.15, 0.2) is 54.7 Å². The van der Waals surface area contributed by atoms with E-state index in [1.165, 1.54) is 5.39 Å². The lowest BCUT2D eigenvalue weighted by molar-refractivity contribution is -0.129. The maximum absolute atomic E-state index is 12.9. The minimum Gasteiger partial charge on any atom is -0.361 e. The highest BCUT2D eigenvalue weighted by Crippen LogP contribution is 2.26. The number of amides is 3. The van der Waals surface area contributed by atoms with Crippen LogP contribution in [0.1, 0.15) is 51.9 Å².